The maximum atomic E-state index is 12.9. The summed E-state index contributed by atoms with van der Waals surface area (Å²) in [7, 11) is 1.36. The van der Waals surface area contributed by atoms with Crippen LogP contribution in [0.25, 0.3) is 5.57 Å². The van der Waals surface area contributed by atoms with E-state index in [1.54, 1.807) is 35.4 Å². The van der Waals surface area contributed by atoms with Gasteiger partial charge in [0.25, 0.3) is 0 Å². The van der Waals surface area contributed by atoms with Crippen LogP contribution in [0.1, 0.15) is 47.9 Å². The minimum absolute atomic E-state index is 0.00231. The van der Waals surface area contributed by atoms with Gasteiger partial charge in [0.15, 0.2) is 5.78 Å². The number of ketones is 1. The maximum Gasteiger partial charge on any atom is 0.336 e. The summed E-state index contributed by atoms with van der Waals surface area (Å²) in [5.74, 6) is 0.240. The fourth-order valence-corrected chi connectivity index (χ4v) is 4.44. The van der Waals surface area contributed by atoms with E-state index in [-0.39, 0.29) is 23.9 Å². The number of esters is 1. The number of nitrogens with zero attached hydrogens (tertiary/aromatic N) is 1. The molecule has 1 aromatic heterocycles. The molecule has 30 heavy (non-hydrogen) atoms. The van der Waals surface area contributed by atoms with Crippen LogP contribution in [-0.2, 0) is 16.1 Å². The minimum Gasteiger partial charge on any atom is -0.467 e. The molecule has 1 aromatic carbocycles. The van der Waals surface area contributed by atoms with E-state index in [4.69, 9.17) is 9.15 Å². The van der Waals surface area contributed by atoms with Crippen LogP contribution in [0.5, 0.6) is 0 Å². The predicted octanol–water partition coefficient (Wildman–Crippen LogP) is 3.56. The Bertz CT molecular complexity index is 991. The SMILES string of the molecule is COC(=O)C1=C(c2ccc(C(C)=O)cc2)C[C@@H]2CC[C@H]1N2C(=O)NCc1ccco1. The lowest BCUT2D eigenvalue weighted by atomic mass is 9.88. The largest absolute Gasteiger partial charge is 0.467 e. The maximum absolute atomic E-state index is 12.9. The van der Waals surface area contributed by atoms with E-state index in [1.165, 1.54) is 14.0 Å². The monoisotopic (exact) mass is 408 g/mol. The average Bonchev–Trinajstić information content (AvgIpc) is 3.38. The van der Waals surface area contributed by atoms with Gasteiger partial charge in [0.2, 0.25) is 0 Å². The zero-order valence-corrected chi connectivity index (χ0v) is 17.0. The van der Waals surface area contributed by atoms with Crippen LogP contribution in [0.15, 0.2) is 52.7 Å². The molecule has 1 fully saturated rings. The Balaban J connectivity index is 1.63. The van der Waals surface area contributed by atoms with Gasteiger partial charge in [-0.2, -0.15) is 0 Å². The normalized spacial score (nSPS) is 20.3. The molecular formula is C23H24N2O5. The first-order valence-electron chi connectivity index (χ1n) is 10.0. The van der Waals surface area contributed by atoms with E-state index in [0.717, 1.165) is 17.6 Å². The summed E-state index contributed by atoms with van der Waals surface area (Å²) < 4.78 is 10.4. The summed E-state index contributed by atoms with van der Waals surface area (Å²) in [5, 5.41) is 2.89. The number of carbonyl (C=O) groups excluding carboxylic acids is 3. The second-order valence-corrected chi connectivity index (χ2v) is 7.61. The molecule has 2 aromatic rings. The molecule has 4 rings (SSSR count). The van der Waals surface area contributed by atoms with Gasteiger partial charge in [-0.3, -0.25) is 4.79 Å². The Morgan fingerprint density at radius 2 is 1.93 bits per heavy atom. The summed E-state index contributed by atoms with van der Waals surface area (Å²) in [6, 6.07) is 10.3. The highest BCUT2D eigenvalue weighted by molar-refractivity contribution is 6.01. The van der Waals surface area contributed by atoms with Gasteiger partial charge in [0.05, 0.1) is 31.5 Å². The Morgan fingerprint density at radius 1 is 1.17 bits per heavy atom. The molecule has 2 amide bonds. The van der Waals surface area contributed by atoms with E-state index in [9.17, 15) is 14.4 Å². The average molecular weight is 408 g/mol. The van der Waals surface area contributed by atoms with Crippen molar-refractivity contribution in [2.75, 3.05) is 7.11 Å². The molecule has 0 spiro atoms. The number of fused-ring (bicyclic) bond motifs is 2. The van der Waals surface area contributed by atoms with Crippen LogP contribution in [0.3, 0.4) is 0 Å². The molecule has 7 nitrogen and oxygen atoms in total. The van der Waals surface area contributed by atoms with Crippen molar-refractivity contribution < 1.29 is 23.5 Å². The van der Waals surface area contributed by atoms with Crippen LogP contribution in [0.2, 0.25) is 0 Å². The summed E-state index contributed by atoms with van der Waals surface area (Å²) in [5.41, 5.74) is 2.92. The van der Waals surface area contributed by atoms with Crippen molar-refractivity contribution in [2.24, 2.45) is 0 Å². The highest BCUT2D eigenvalue weighted by atomic mass is 16.5. The second-order valence-electron chi connectivity index (χ2n) is 7.61. The third-order valence-electron chi connectivity index (χ3n) is 5.87. The molecule has 0 saturated carbocycles. The molecule has 2 atom stereocenters. The Hall–Kier alpha value is -3.35. The van der Waals surface area contributed by atoms with Crippen LogP contribution >= 0.6 is 0 Å². The fraction of sp³-hybridized carbons (Fsp3) is 0.348. The lowest BCUT2D eigenvalue weighted by Crippen LogP contribution is -2.50. The fourth-order valence-electron chi connectivity index (χ4n) is 4.44. The molecule has 2 aliphatic rings. The number of furan rings is 1. The standard InChI is InChI=1S/C23H24N2O5/c1-14(26)15-5-7-16(8-6-15)19-12-17-9-10-20(21(19)22(27)29-2)25(17)23(28)24-13-18-4-3-11-30-18/h3-8,11,17,20H,9-10,12-13H2,1-2H3,(H,24,28)/t17-,20+/m0/s1. The first-order chi connectivity index (χ1) is 14.5. The quantitative estimate of drug-likeness (QED) is 0.604. The molecule has 0 radical (unpaired) electrons. The molecular weight excluding hydrogens is 384 g/mol. The Kier molecular flexibility index (Phi) is 5.44. The van der Waals surface area contributed by atoms with Gasteiger partial charge in [-0.15, -0.1) is 0 Å². The highest BCUT2D eigenvalue weighted by Crippen LogP contribution is 2.43. The number of benzene rings is 1. The highest BCUT2D eigenvalue weighted by Gasteiger charge is 2.46. The van der Waals surface area contributed by atoms with E-state index < -0.39 is 5.97 Å². The van der Waals surface area contributed by atoms with Crippen molar-refractivity contribution in [1.82, 2.24) is 10.2 Å². The van der Waals surface area contributed by atoms with Crippen LogP contribution in [0.4, 0.5) is 4.79 Å². The summed E-state index contributed by atoms with van der Waals surface area (Å²) in [6.45, 7) is 1.81. The number of carbonyl (C=O) groups is 3. The summed E-state index contributed by atoms with van der Waals surface area (Å²) >= 11 is 0. The lowest BCUT2D eigenvalue weighted by Gasteiger charge is -2.37. The first kappa shape index (κ1) is 19.9. The molecule has 0 aliphatic carbocycles. The van der Waals surface area contributed by atoms with Crippen molar-refractivity contribution in [1.29, 1.82) is 0 Å². The number of nitrogens with one attached hydrogen (secondary N) is 1. The minimum atomic E-state index is -0.421. The topological polar surface area (TPSA) is 88.9 Å². The number of hydrogen-bond donors (Lipinski definition) is 1. The zero-order chi connectivity index (χ0) is 21.3. The van der Waals surface area contributed by atoms with Crippen molar-refractivity contribution in [3.05, 3.63) is 65.1 Å². The van der Waals surface area contributed by atoms with Crippen LogP contribution in [0, 0.1) is 0 Å². The van der Waals surface area contributed by atoms with Gasteiger partial charge < -0.3 is 19.4 Å². The van der Waals surface area contributed by atoms with Gasteiger partial charge in [0.1, 0.15) is 5.76 Å². The molecule has 1 saturated heterocycles. The van der Waals surface area contributed by atoms with E-state index in [1.807, 2.05) is 12.1 Å². The van der Waals surface area contributed by atoms with Gasteiger partial charge in [-0.25, -0.2) is 9.59 Å². The number of urea groups is 1. The molecule has 3 heterocycles. The van der Waals surface area contributed by atoms with E-state index >= 15 is 0 Å². The first-order valence-corrected chi connectivity index (χ1v) is 10.0. The summed E-state index contributed by atoms with van der Waals surface area (Å²) in [6.07, 6.45) is 3.65. The molecule has 2 bridgehead atoms. The smallest absolute Gasteiger partial charge is 0.336 e. The number of ether oxygens (including phenoxy) is 1. The van der Waals surface area contributed by atoms with Gasteiger partial charge in [0, 0.05) is 11.6 Å². The Labute approximate surface area is 174 Å². The van der Waals surface area contributed by atoms with Crippen LogP contribution < -0.4 is 5.32 Å². The Morgan fingerprint density at radius 3 is 2.57 bits per heavy atom. The number of amides is 2. The van der Waals surface area contributed by atoms with Crippen molar-refractivity contribution >= 4 is 23.4 Å². The van der Waals surface area contributed by atoms with Crippen molar-refractivity contribution in [3.8, 4) is 0 Å². The number of hydrogen-bond acceptors (Lipinski definition) is 5. The van der Waals surface area contributed by atoms with Gasteiger partial charge in [-0.1, -0.05) is 24.3 Å². The van der Waals surface area contributed by atoms with Crippen LogP contribution in [-0.4, -0.2) is 41.9 Å². The molecule has 7 heteroatoms. The predicted molar refractivity (Wildman–Crippen MR) is 110 cm³/mol. The number of Topliss-reactive ketones (excluding diaryl/α,β-unsaturated/α-hetero) is 1. The third kappa shape index (κ3) is 3.63. The lowest BCUT2D eigenvalue weighted by molar-refractivity contribution is -0.136. The molecule has 0 unspecified atom stereocenters. The van der Waals surface area contributed by atoms with Crippen molar-refractivity contribution in [2.45, 2.75) is 44.8 Å². The van der Waals surface area contributed by atoms with E-state index in [2.05, 4.69) is 5.32 Å². The zero-order valence-electron chi connectivity index (χ0n) is 17.0. The molecule has 2 aliphatic heterocycles. The van der Waals surface area contributed by atoms with Gasteiger partial charge >= 0.3 is 12.0 Å². The number of methoxy groups -OCH3 is 1. The summed E-state index contributed by atoms with van der Waals surface area (Å²) in [4.78, 5) is 39.0. The van der Waals surface area contributed by atoms with E-state index in [0.29, 0.717) is 36.3 Å². The van der Waals surface area contributed by atoms with Gasteiger partial charge in [-0.05, 0) is 49.5 Å². The third-order valence-corrected chi connectivity index (χ3v) is 5.87. The molecule has 1 N–H and O–H groups in total. The number of rotatable bonds is 5. The molecule has 156 valence electrons. The van der Waals surface area contributed by atoms with Crippen molar-refractivity contribution in [3.63, 3.8) is 0 Å². The second kappa shape index (κ2) is 8.18.